The van der Waals surface area contributed by atoms with Crippen LogP contribution in [0, 0.1) is 18.6 Å². The molecule has 108 valence electrons. The smallest absolute Gasteiger partial charge is 0.167 e. The van der Waals surface area contributed by atoms with Crippen molar-refractivity contribution in [3.63, 3.8) is 0 Å². The van der Waals surface area contributed by atoms with Gasteiger partial charge in [0.05, 0.1) is 21.5 Å². The van der Waals surface area contributed by atoms with E-state index in [1.807, 2.05) is 13.8 Å². The van der Waals surface area contributed by atoms with Crippen molar-refractivity contribution >= 4 is 21.6 Å². The highest BCUT2D eigenvalue weighted by Gasteiger charge is 2.15. The van der Waals surface area contributed by atoms with E-state index in [1.54, 1.807) is 4.68 Å². The number of halogens is 3. The lowest BCUT2D eigenvalue weighted by Gasteiger charge is -2.10. The van der Waals surface area contributed by atoms with Crippen molar-refractivity contribution in [2.75, 3.05) is 5.73 Å². The molecule has 0 fully saturated rings. The summed E-state index contributed by atoms with van der Waals surface area (Å²) in [5.74, 6) is -1.58. The lowest BCUT2D eigenvalue weighted by atomic mass is 10.3. The Labute approximate surface area is 123 Å². The number of hydrogen-bond acceptors (Lipinski definition) is 3. The second kappa shape index (κ2) is 5.78. The molecule has 0 unspecified atom stereocenters. The number of benzene rings is 1. The summed E-state index contributed by atoms with van der Waals surface area (Å²) in [7, 11) is 0. The normalized spacial score (nSPS) is 10.8. The number of nitrogen functional groups attached to an aromatic ring is 1. The first-order valence-electron chi connectivity index (χ1n) is 6.03. The van der Waals surface area contributed by atoms with Gasteiger partial charge in [-0.1, -0.05) is 0 Å². The van der Waals surface area contributed by atoms with Gasteiger partial charge in [-0.3, -0.25) is 4.68 Å². The predicted octanol–water partition coefficient (Wildman–Crippen LogP) is 3.41. The Morgan fingerprint density at radius 2 is 2.05 bits per heavy atom. The molecule has 1 aromatic heterocycles. The average molecular weight is 346 g/mol. The van der Waals surface area contributed by atoms with Gasteiger partial charge in [-0.15, -0.1) is 0 Å². The van der Waals surface area contributed by atoms with E-state index in [-0.39, 0.29) is 18.0 Å². The first-order valence-corrected chi connectivity index (χ1v) is 6.82. The second-order valence-electron chi connectivity index (χ2n) is 4.25. The van der Waals surface area contributed by atoms with Gasteiger partial charge in [0, 0.05) is 18.7 Å². The van der Waals surface area contributed by atoms with Crippen LogP contribution in [0.1, 0.15) is 18.3 Å². The quantitative estimate of drug-likeness (QED) is 0.864. The molecule has 20 heavy (non-hydrogen) atoms. The minimum Gasteiger partial charge on any atom is -0.484 e. The van der Waals surface area contributed by atoms with Crippen LogP contribution in [0.5, 0.6) is 5.75 Å². The van der Waals surface area contributed by atoms with E-state index in [4.69, 9.17) is 10.5 Å². The van der Waals surface area contributed by atoms with Crippen LogP contribution in [0.25, 0.3) is 0 Å². The average Bonchev–Trinajstić information content (AvgIpc) is 2.68. The number of hydrogen-bond donors (Lipinski definition) is 1. The van der Waals surface area contributed by atoms with Gasteiger partial charge in [-0.2, -0.15) is 5.10 Å². The zero-order valence-corrected chi connectivity index (χ0v) is 12.7. The van der Waals surface area contributed by atoms with Crippen LogP contribution in [0.4, 0.5) is 14.5 Å². The van der Waals surface area contributed by atoms with Gasteiger partial charge < -0.3 is 10.5 Å². The molecule has 0 aliphatic heterocycles. The summed E-state index contributed by atoms with van der Waals surface area (Å²) in [5, 5.41) is 4.30. The molecule has 0 radical (unpaired) electrons. The lowest BCUT2D eigenvalue weighted by molar-refractivity contribution is 0.276. The Morgan fingerprint density at radius 1 is 1.35 bits per heavy atom. The monoisotopic (exact) mass is 345 g/mol. The Kier molecular flexibility index (Phi) is 4.27. The fourth-order valence-corrected chi connectivity index (χ4v) is 2.21. The number of anilines is 1. The number of rotatable bonds is 4. The predicted molar refractivity (Wildman–Crippen MR) is 75.4 cm³/mol. The van der Waals surface area contributed by atoms with Gasteiger partial charge in [0.15, 0.2) is 11.6 Å². The molecule has 4 nitrogen and oxygen atoms in total. The molecule has 1 aromatic carbocycles. The summed E-state index contributed by atoms with van der Waals surface area (Å²) in [5.41, 5.74) is 6.61. The van der Waals surface area contributed by atoms with Crippen LogP contribution in [-0.2, 0) is 13.2 Å². The summed E-state index contributed by atoms with van der Waals surface area (Å²) in [6.45, 7) is 4.52. The minimum atomic E-state index is -0.708. The number of aryl methyl sites for hydroxylation is 2. The fourth-order valence-electron chi connectivity index (χ4n) is 1.81. The summed E-state index contributed by atoms with van der Waals surface area (Å²) in [4.78, 5) is 0. The molecule has 7 heteroatoms. The number of ether oxygens (including phenoxy) is 1. The maximum Gasteiger partial charge on any atom is 0.167 e. The van der Waals surface area contributed by atoms with Crippen molar-refractivity contribution in [1.29, 1.82) is 0 Å². The summed E-state index contributed by atoms with van der Waals surface area (Å²) >= 11 is 3.41. The first kappa shape index (κ1) is 14.8. The van der Waals surface area contributed by atoms with Gasteiger partial charge in [-0.05, 0) is 29.8 Å². The van der Waals surface area contributed by atoms with E-state index < -0.39 is 11.6 Å². The van der Waals surface area contributed by atoms with Crippen LogP contribution < -0.4 is 10.5 Å². The lowest BCUT2D eigenvalue weighted by Crippen LogP contribution is -2.07. The van der Waals surface area contributed by atoms with Gasteiger partial charge in [0.2, 0.25) is 0 Å². The van der Waals surface area contributed by atoms with Gasteiger partial charge in [0.1, 0.15) is 12.4 Å². The van der Waals surface area contributed by atoms with Crippen LogP contribution in [-0.4, -0.2) is 9.78 Å². The maximum atomic E-state index is 13.6. The van der Waals surface area contributed by atoms with Crippen molar-refractivity contribution in [1.82, 2.24) is 9.78 Å². The van der Waals surface area contributed by atoms with E-state index in [1.165, 1.54) is 0 Å². The zero-order valence-electron chi connectivity index (χ0n) is 11.1. The third-order valence-corrected chi connectivity index (χ3v) is 3.90. The molecule has 0 amide bonds. The Bertz CT molecular complexity index is 643. The molecule has 0 spiro atoms. The van der Waals surface area contributed by atoms with Crippen molar-refractivity contribution < 1.29 is 13.5 Å². The molecule has 0 saturated carbocycles. The summed E-state index contributed by atoms with van der Waals surface area (Å²) < 4.78 is 34.8. The summed E-state index contributed by atoms with van der Waals surface area (Å²) in [6, 6.07) is 1.85. The van der Waals surface area contributed by atoms with Gasteiger partial charge in [0.25, 0.3) is 0 Å². The highest BCUT2D eigenvalue weighted by molar-refractivity contribution is 9.10. The molecule has 0 aliphatic rings. The number of nitrogens with zero attached hydrogens (tertiary/aromatic N) is 2. The molecular weight excluding hydrogens is 332 g/mol. The molecule has 0 bridgehead atoms. The van der Waals surface area contributed by atoms with E-state index in [0.717, 1.165) is 28.0 Å². The van der Waals surface area contributed by atoms with Gasteiger partial charge in [-0.25, -0.2) is 8.78 Å². The van der Waals surface area contributed by atoms with Crippen LogP contribution >= 0.6 is 15.9 Å². The summed E-state index contributed by atoms with van der Waals surface area (Å²) in [6.07, 6.45) is 0. The maximum absolute atomic E-state index is 13.6. The van der Waals surface area contributed by atoms with E-state index in [9.17, 15) is 8.78 Å². The van der Waals surface area contributed by atoms with Crippen LogP contribution in [0.3, 0.4) is 0 Å². The number of nitrogens with two attached hydrogens (primary N) is 1. The van der Waals surface area contributed by atoms with Crippen molar-refractivity contribution in [2.45, 2.75) is 27.0 Å². The zero-order chi connectivity index (χ0) is 14.9. The molecular formula is C13H14BrF2N3O. The highest BCUT2D eigenvalue weighted by Crippen LogP contribution is 2.26. The van der Waals surface area contributed by atoms with Crippen molar-refractivity contribution in [2.24, 2.45) is 0 Å². The van der Waals surface area contributed by atoms with Gasteiger partial charge >= 0.3 is 0 Å². The van der Waals surface area contributed by atoms with E-state index in [2.05, 4.69) is 21.0 Å². The van der Waals surface area contributed by atoms with E-state index >= 15 is 0 Å². The molecule has 2 aromatic rings. The SMILES string of the molecule is CCn1nc(C)c(Br)c1COc1cc(F)c(N)cc1F. The van der Waals surface area contributed by atoms with Crippen molar-refractivity contribution in [3.05, 3.63) is 39.6 Å². The first-order chi connectivity index (χ1) is 9.43. The third-order valence-electron chi connectivity index (χ3n) is 2.87. The van der Waals surface area contributed by atoms with Crippen LogP contribution in [0.2, 0.25) is 0 Å². The number of aromatic nitrogens is 2. The molecule has 0 saturated heterocycles. The minimum absolute atomic E-state index is 0.0789. The molecule has 2 N–H and O–H groups in total. The largest absolute Gasteiger partial charge is 0.484 e. The third kappa shape index (κ3) is 2.77. The highest BCUT2D eigenvalue weighted by atomic mass is 79.9. The molecule has 0 atom stereocenters. The molecule has 0 aliphatic carbocycles. The Balaban J connectivity index is 2.23. The second-order valence-corrected chi connectivity index (χ2v) is 5.05. The Morgan fingerprint density at radius 3 is 2.70 bits per heavy atom. The topological polar surface area (TPSA) is 53.1 Å². The van der Waals surface area contributed by atoms with E-state index in [0.29, 0.717) is 6.54 Å². The Hall–Kier alpha value is -1.63. The van der Waals surface area contributed by atoms with Crippen molar-refractivity contribution in [3.8, 4) is 5.75 Å². The molecule has 2 rings (SSSR count). The standard InChI is InChI=1S/C13H14BrF2N3O/c1-3-19-11(13(14)7(2)18-19)6-20-12-5-8(15)10(17)4-9(12)16/h4-5H,3,6,17H2,1-2H3. The molecule has 1 heterocycles. The van der Waals surface area contributed by atoms with Crippen LogP contribution in [0.15, 0.2) is 16.6 Å². The fraction of sp³-hybridized carbons (Fsp3) is 0.308.